The molecule has 0 aliphatic heterocycles. The zero-order valence-corrected chi connectivity index (χ0v) is 11.9. The highest BCUT2D eigenvalue weighted by molar-refractivity contribution is 5.99. The van der Waals surface area contributed by atoms with Gasteiger partial charge in [0.15, 0.2) is 5.76 Å². The van der Waals surface area contributed by atoms with Gasteiger partial charge >= 0.3 is 0 Å². The molecule has 0 atom stereocenters. The molecule has 0 unspecified atom stereocenters. The summed E-state index contributed by atoms with van der Waals surface area (Å²) in [6.45, 7) is 1.91. The predicted octanol–water partition coefficient (Wildman–Crippen LogP) is 3.42. The van der Waals surface area contributed by atoms with Crippen LogP contribution in [0.2, 0.25) is 0 Å². The Morgan fingerprint density at radius 3 is 2.80 bits per heavy atom. The number of hydrogen-bond donors (Lipinski definition) is 1. The molecule has 1 fully saturated rings. The van der Waals surface area contributed by atoms with Crippen molar-refractivity contribution in [2.75, 3.05) is 7.11 Å². The lowest BCUT2D eigenvalue weighted by Gasteiger charge is -2.10. The molecule has 1 heterocycles. The summed E-state index contributed by atoms with van der Waals surface area (Å²) in [6, 6.07) is 5.88. The first-order chi connectivity index (χ1) is 9.69. The summed E-state index contributed by atoms with van der Waals surface area (Å²) in [6.07, 6.45) is 4.53. The molecule has 1 N–H and O–H groups in total. The second kappa shape index (κ2) is 5.19. The molecular formula is C16H19NO3. The molecule has 3 rings (SSSR count). The van der Waals surface area contributed by atoms with E-state index in [1.54, 1.807) is 7.11 Å². The number of carbonyl (C=O) groups excluding carboxylic acids is 1. The number of amides is 1. The zero-order valence-electron chi connectivity index (χ0n) is 11.9. The molecule has 1 aliphatic rings. The van der Waals surface area contributed by atoms with Gasteiger partial charge in [-0.3, -0.25) is 4.79 Å². The highest BCUT2D eigenvalue weighted by Crippen LogP contribution is 2.29. The molecule has 106 valence electrons. The Bertz CT molecular complexity index is 638. The summed E-state index contributed by atoms with van der Waals surface area (Å²) in [5.41, 5.74) is 1.59. The van der Waals surface area contributed by atoms with E-state index in [0.29, 0.717) is 11.8 Å². The molecule has 1 aromatic carbocycles. The monoisotopic (exact) mass is 273 g/mol. The Hall–Kier alpha value is -1.97. The molecule has 1 amide bonds. The van der Waals surface area contributed by atoms with Gasteiger partial charge in [-0.05, 0) is 38.0 Å². The fourth-order valence-electron chi connectivity index (χ4n) is 2.86. The third-order valence-corrected chi connectivity index (χ3v) is 4.04. The topological polar surface area (TPSA) is 51.5 Å². The van der Waals surface area contributed by atoms with E-state index >= 15 is 0 Å². The number of ether oxygens (including phenoxy) is 1. The second-order valence-corrected chi connectivity index (χ2v) is 5.37. The molecule has 1 aliphatic carbocycles. The normalized spacial score (nSPS) is 15.7. The van der Waals surface area contributed by atoms with E-state index in [1.165, 1.54) is 12.8 Å². The van der Waals surface area contributed by atoms with E-state index in [-0.39, 0.29) is 5.91 Å². The Morgan fingerprint density at radius 1 is 1.35 bits per heavy atom. The van der Waals surface area contributed by atoms with E-state index in [2.05, 4.69) is 5.32 Å². The van der Waals surface area contributed by atoms with Crippen LogP contribution >= 0.6 is 0 Å². The van der Waals surface area contributed by atoms with Gasteiger partial charge in [-0.1, -0.05) is 12.8 Å². The Labute approximate surface area is 118 Å². The largest absolute Gasteiger partial charge is 0.497 e. The number of carbonyl (C=O) groups is 1. The third-order valence-electron chi connectivity index (χ3n) is 4.04. The summed E-state index contributed by atoms with van der Waals surface area (Å²) in [5.74, 6) is 1.08. The lowest BCUT2D eigenvalue weighted by Crippen LogP contribution is -2.32. The average molecular weight is 273 g/mol. The standard InChI is InChI=1S/C16H19NO3/c1-10-13-9-12(19-2)7-8-14(13)20-15(10)16(18)17-11-5-3-4-6-11/h7-9,11H,3-6H2,1-2H3,(H,17,18). The van der Waals surface area contributed by atoms with Gasteiger partial charge in [-0.25, -0.2) is 0 Å². The van der Waals surface area contributed by atoms with E-state index in [1.807, 2.05) is 25.1 Å². The zero-order chi connectivity index (χ0) is 14.1. The first kappa shape index (κ1) is 13.0. The SMILES string of the molecule is COc1ccc2oc(C(=O)NC3CCCC3)c(C)c2c1. The van der Waals surface area contributed by atoms with Gasteiger partial charge in [0.05, 0.1) is 7.11 Å². The smallest absolute Gasteiger partial charge is 0.287 e. The number of methoxy groups -OCH3 is 1. The van der Waals surface area contributed by atoms with Crippen molar-refractivity contribution in [3.8, 4) is 5.75 Å². The number of rotatable bonds is 3. The van der Waals surface area contributed by atoms with Crippen LogP contribution in [0.5, 0.6) is 5.75 Å². The summed E-state index contributed by atoms with van der Waals surface area (Å²) in [7, 11) is 1.63. The van der Waals surface area contributed by atoms with E-state index in [9.17, 15) is 4.79 Å². The molecule has 1 saturated carbocycles. The van der Waals surface area contributed by atoms with E-state index in [4.69, 9.17) is 9.15 Å². The van der Waals surface area contributed by atoms with Crippen molar-refractivity contribution in [1.82, 2.24) is 5.32 Å². The van der Waals surface area contributed by atoms with E-state index in [0.717, 1.165) is 35.1 Å². The van der Waals surface area contributed by atoms with Gasteiger partial charge in [-0.2, -0.15) is 0 Å². The minimum atomic E-state index is -0.107. The van der Waals surface area contributed by atoms with Gasteiger partial charge in [0.2, 0.25) is 0 Å². The van der Waals surface area contributed by atoms with Crippen molar-refractivity contribution in [3.05, 3.63) is 29.5 Å². The van der Waals surface area contributed by atoms with Crippen LogP contribution < -0.4 is 10.1 Å². The van der Waals surface area contributed by atoms with Crippen molar-refractivity contribution < 1.29 is 13.9 Å². The highest BCUT2D eigenvalue weighted by Gasteiger charge is 2.22. The van der Waals surface area contributed by atoms with Crippen molar-refractivity contribution in [3.63, 3.8) is 0 Å². The minimum absolute atomic E-state index is 0.107. The number of benzene rings is 1. The molecule has 4 heteroatoms. The quantitative estimate of drug-likeness (QED) is 0.932. The van der Waals surface area contributed by atoms with Crippen molar-refractivity contribution in [2.24, 2.45) is 0 Å². The van der Waals surface area contributed by atoms with Gasteiger partial charge < -0.3 is 14.5 Å². The summed E-state index contributed by atoms with van der Waals surface area (Å²) < 4.78 is 10.9. The minimum Gasteiger partial charge on any atom is -0.497 e. The van der Waals surface area contributed by atoms with Crippen molar-refractivity contribution >= 4 is 16.9 Å². The average Bonchev–Trinajstić information content (AvgIpc) is 3.07. The predicted molar refractivity (Wildman–Crippen MR) is 77.2 cm³/mol. The second-order valence-electron chi connectivity index (χ2n) is 5.37. The lowest BCUT2D eigenvalue weighted by atomic mass is 10.1. The molecule has 0 bridgehead atoms. The fraction of sp³-hybridized carbons (Fsp3) is 0.438. The molecular weight excluding hydrogens is 254 g/mol. The van der Waals surface area contributed by atoms with Crippen molar-refractivity contribution in [1.29, 1.82) is 0 Å². The summed E-state index contributed by atoms with van der Waals surface area (Å²) >= 11 is 0. The van der Waals surface area contributed by atoms with Crippen LogP contribution in [-0.4, -0.2) is 19.1 Å². The molecule has 0 spiro atoms. The molecule has 0 saturated heterocycles. The van der Waals surface area contributed by atoms with Gasteiger partial charge in [0, 0.05) is 17.0 Å². The Kier molecular flexibility index (Phi) is 3.38. The van der Waals surface area contributed by atoms with Crippen LogP contribution in [0.15, 0.2) is 22.6 Å². The Balaban J connectivity index is 1.90. The maximum absolute atomic E-state index is 12.3. The maximum atomic E-state index is 12.3. The van der Waals surface area contributed by atoms with Crippen LogP contribution in [0.3, 0.4) is 0 Å². The van der Waals surface area contributed by atoms with Gasteiger partial charge in [-0.15, -0.1) is 0 Å². The molecule has 4 nitrogen and oxygen atoms in total. The third kappa shape index (κ3) is 2.26. The van der Waals surface area contributed by atoms with Crippen LogP contribution in [-0.2, 0) is 0 Å². The number of fused-ring (bicyclic) bond motifs is 1. The Morgan fingerprint density at radius 2 is 2.10 bits per heavy atom. The number of nitrogens with one attached hydrogen (secondary N) is 1. The molecule has 2 aromatic rings. The van der Waals surface area contributed by atoms with Crippen LogP contribution in [0.4, 0.5) is 0 Å². The fourth-order valence-corrected chi connectivity index (χ4v) is 2.86. The number of furan rings is 1. The first-order valence-electron chi connectivity index (χ1n) is 7.07. The van der Waals surface area contributed by atoms with Crippen molar-refractivity contribution in [2.45, 2.75) is 38.6 Å². The van der Waals surface area contributed by atoms with Crippen LogP contribution in [0.1, 0.15) is 41.8 Å². The lowest BCUT2D eigenvalue weighted by molar-refractivity contribution is 0.0911. The molecule has 20 heavy (non-hydrogen) atoms. The first-order valence-corrected chi connectivity index (χ1v) is 7.07. The van der Waals surface area contributed by atoms with Gasteiger partial charge in [0.25, 0.3) is 5.91 Å². The van der Waals surface area contributed by atoms with E-state index < -0.39 is 0 Å². The molecule has 1 aromatic heterocycles. The van der Waals surface area contributed by atoms with Crippen LogP contribution in [0, 0.1) is 6.92 Å². The molecule has 0 radical (unpaired) electrons. The number of hydrogen-bond acceptors (Lipinski definition) is 3. The number of aryl methyl sites for hydroxylation is 1. The highest BCUT2D eigenvalue weighted by atomic mass is 16.5. The van der Waals surface area contributed by atoms with Crippen LogP contribution in [0.25, 0.3) is 11.0 Å². The maximum Gasteiger partial charge on any atom is 0.287 e. The summed E-state index contributed by atoms with van der Waals surface area (Å²) in [5, 5.41) is 3.99. The summed E-state index contributed by atoms with van der Waals surface area (Å²) in [4.78, 5) is 12.3. The van der Waals surface area contributed by atoms with Gasteiger partial charge in [0.1, 0.15) is 11.3 Å².